The predicted octanol–water partition coefficient (Wildman–Crippen LogP) is -1.52. The molecule has 0 bridgehead atoms. The lowest BCUT2D eigenvalue weighted by molar-refractivity contribution is -0.697. The summed E-state index contributed by atoms with van der Waals surface area (Å²) in [5.41, 5.74) is 11.2. The van der Waals surface area contributed by atoms with Crippen LogP contribution < -0.4 is 26.7 Å². The molecule has 5 amide bonds. The van der Waals surface area contributed by atoms with Gasteiger partial charge >= 0.3 is 0 Å². The van der Waals surface area contributed by atoms with Crippen LogP contribution in [-0.2, 0) is 25.7 Å². The fraction of sp³-hybridized carbons (Fsp3) is 0.545. The molecule has 11 nitrogen and oxygen atoms in total. The molecule has 3 heterocycles. The lowest BCUT2D eigenvalue weighted by Gasteiger charge is -2.28. The predicted molar refractivity (Wildman–Crippen MR) is 116 cm³/mol. The Morgan fingerprint density at radius 1 is 1.21 bits per heavy atom. The molecular weight excluding hydrogens is 428 g/mol. The van der Waals surface area contributed by atoms with Crippen molar-refractivity contribution >= 4 is 29.5 Å². The third kappa shape index (κ3) is 6.27. The lowest BCUT2D eigenvalue weighted by Crippen LogP contribution is -2.55. The Kier molecular flexibility index (Phi) is 7.96. The quantitative estimate of drug-likeness (QED) is 0.246. The van der Waals surface area contributed by atoms with Gasteiger partial charge in [-0.2, -0.15) is 0 Å². The van der Waals surface area contributed by atoms with Gasteiger partial charge in [-0.25, -0.2) is 4.57 Å². The summed E-state index contributed by atoms with van der Waals surface area (Å²) in [5.74, 6) is -2.00. The average molecular weight is 460 g/mol. The van der Waals surface area contributed by atoms with Crippen LogP contribution in [0.4, 0.5) is 0 Å². The Labute approximate surface area is 191 Å². The first-order valence-corrected chi connectivity index (χ1v) is 11.2. The van der Waals surface area contributed by atoms with Gasteiger partial charge in [0.1, 0.15) is 30.2 Å². The van der Waals surface area contributed by atoms with Gasteiger partial charge in [-0.15, -0.1) is 0 Å². The molecule has 6 N–H and O–H groups in total. The molecule has 2 fully saturated rings. The van der Waals surface area contributed by atoms with E-state index in [1.165, 1.54) is 4.90 Å². The van der Waals surface area contributed by atoms with Crippen molar-refractivity contribution in [2.45, 2.75) is 69.6 Å². The molecule has 1 aromatic heterocycles. The number of nitrogens with two attached hydrogens (primary N) is 2. The summed E-state index contributed by atoms with van der Waals surface area (Å²) in [7, 11) is 0. The monoisotopic (exact) mass is 459 g/mol. The highest BCUT2D eigenvalue weighted by atomic mass is 16.2. The van der Waals surface area contributed by atoms with Gasteiger partial charge < -0.3 is 27.0 Å². The molecule has 33 heavy (non-hydrogen) atoms. The average Bonchev–Trinajstić information content (AvgIpc) is 3.45. The molecule has 3 atom stereocenters. The van der Waals surface area contributed by atoms with Crippen molar-refractivity contribution in [3.8, 4) is 0 Å². The molecule has 0 aromatic carbocycles. The van der Waals surface area contributed by atoms with E-state index in [1.54, 1.807) is 18.3 Å². The van der Waals surface area contributed by atoms with Gasteiger partial charge in [0.15, 0.2) is 12.4 Å². The largest absolute Gasteiger partial charge is 0.368 e. The number of amides is 5. The molecule has 0 radical (unpaired) electrons. The SMILES string of the molecule is NC(=O)c1ccc[n+](CCCCC(NC(=O)[C@@H]2CCC(=O)N2)C(=O)N2CCC[C@H]2C(N)=O)c1. The van der Waals surface area contributed by atoms with Crippen LogP contribution in [0, 0.1) is 0 Å². The smallest absolute Gasteiger partial charge is 0.254 e. The van der Waals surface area contributed by atoms with E-state index in [0.29, 0.717) is 57.2 Å². The molecular formula is C22H31N6O5+. The second-order valence-electron chi connectivity index (χ2n) is 8.50. The molecule has 11 heteroatoms. The van der Waals surface area contributed by atoms with Crippen LogP contribution in [0.3, 0.4) is 0 Å². The minimum Gasteiger partial charge on any atom is -0.368 e. The number of likely N-dealkylation sites (tertiary alicyclic amines) is 1. The van der Waals surface area contributed by atoms with Crippen LogP contribution >= 0.6 is 0 Å². The second kappa shape index (κ2) is 10.9. The summed E-state index contributed by atoms with van der Waals surface area (Å²) < 4.78 is 1.84. The zero-order valence-corrected chi connectivity index (χ0v) is 18.5. The highest BCUT2D eigenvalue weighted by Gasteiger charge is 2.37. The Hall–Kier alpha value is -3.50. The Balaban J connectivity index is 1.62. The van der Waals surface area contributed by atoms with Crippen molar-refractivity contribution in [1.82, 2.24) is 15.5 Å². The standard InChI is InChI=1S/C22H30N6O5/c23-19(30)14-5-3-11-27(13-14)10-2-1-6-16(26-21(32)15-8-9-18(29)25-15)22(33)28-12-4-7-17(28)20(24)31/h3,5,11,13,15-17H,1-2,4,6-10,12H2,(H5-,23,24,25,26,29,30,31,32)/p+1/t15-,16?,17-/m0/s1. The number of nitrogens with one attached hydrogen (secondary N) is 2. The van der Waals surface area contributed by atoms with E-state index in [4.69, 9.17) is 11.5 Å². The molecule has 1 aromatic rings. The third-order valence-corrected chi connectivity index (χ3v) is 6.09. The maximum atomic E-state index is 13.2. The normalized spacial score (nSPS) is 20.8. The fourth-order valence-corrected chi connectivity index (χ4v) is 4.32. The van der Waals surface area contributed by atoms with Gasteiger partial charge in [-0.1, -0.05) is 0 Å². The molecule has 0 saturated carbocycles. The summed E-state index contributed by atoms with van der Waals surface area (Å²) in [5, 5.41) is 5.38. The van der Waals surface area contributed by atoms with E-state index < -0.39 is 35.8 Å². The fourth-order valence-electron chi connectivity index (χ4n) is 4.32. The summed E-state index contributed by atoms with van der Waals surface area (Å²) in [6.07, 6.45) is 6.98. The molecule has 2 aliphatic rings. The topological polar surface area (TPSA) is 169 Å². The lowest BCUT2D eigenvalue weighted by atomic mass is 10.1. The van der Waals surface area contributed by atoms with Crippen molar-refractivity contribution in [2.24, 2.45) is 11.5 Å². The highest BCUT2D eigenvalue weighted by molar-refractivity contribution is 5.95. The van der Waals surface area contributed by atoms with Gasteiger partial charge in [0.2, 0.25) is 23.6 Å². The molecule has 2 aliphatic heterocycles. The van der Waals surface area contributed by atoms with Crippen LogP contribution in [-0.4, -0.2) is 59.1 Å². The number of unbranched alkanes of at least 4 members (excludes halogenated alkanes) is 1. The number of nitrogens with zero attached hydrogens (tertiary/aromatic N) is 2. The Morgan fingerprint density at radius 2 is 2.00 bits per heavy atom. The van der Waals surface area contributed by atoms with Gasteiger partial charge in [0, 0.05) is 25.5 Å². The Bertz CT molecular complexity index is 936. The number of hydrogen-bond donors (Lipinski definition) is 4. The number of hydrogen-bond acceptors (Lipinski definition) is 5. The van der Waals surface area contributed by atoms with Gasteiger partial charge in [-0.3, -0.25) is 24.0 Å². The Morgan fingerprint density at radius 3 is 2.67 bits per heavy atom. The molecule has 1 unspecified atom stereocenters. The number of aromatic nitrogens is 1. The van der Waals surface area contributed by atoms with Gasteiger partial charge in [-0.05, 0) is 38.2 Å². The molecule has 178 valence electrons. The number of primary amides is 2. The number of pyridine rings is 1. The molecule has 0 aliphatic carbocycles. The van der Waals surface area contributed by atoms with Crippen molar-refractivity contribution in [3.63, 3.8) is 0 Å². The van der Waals surface area contributed by atoms with Crippen LogP contribution in [0.5, 0.6) is 0 Å². The number of carbonyl (C=O) groups is 5. The minimum absolute atomic E-state index is 0.193. The summed E-state index contributed by atoms with van der Waals surface area (Å²) in [4.78, 5) is 61.9. The molecule has 0 spiro atoms. The zero-order chi connectivity index (χ0) is 24.0. The molecule has 3 rings (SSSR count). The van der Waals surface area contributed by atoms with Crippen LogP contribution in [0.1, 0.15) is 55.3 Å². The maximum Gasteiger partial charge on any atom is 0.254 e. The van der Waals surface area contributed by atoms with Crippen molar-refractivity contribution < 1.29 is 28.5 Å². The van der Waals surface area contributed by atoms with Crippen molar-refractivity contribution in [2.75, 3.05) is 6.54 Å². The van der Waals surface area contributed by atoms with Crippen molar-refractivity contribution in [1.29, 1.82) is 0 Å². The summed E-state index contributed by atoms with van der Waals surface area (Å²) >= 11 is 0. The van der Waals surface area contributed by atoms with E-state index in [9.17, 15) is 24.0 Å². The first kappa shape index (κ1) is 24.1. The number of carbonyl (C=O) groups excluding carboxylic acids is 5. The van der Waals surface area contributed by atoms with Gasteiger partial charge in [0.05, 0.1) is 0 Å². The minimum atomic E-state index is -0.822. The van der Waals surface area contributed by atoms with E-state index in [1.807, 2.05) is 10.8 Å². The van der Waals surface area contributed by atoms with Crippen molar-refractivity contribution in [3.05, 3.63) is 30.1 Å². The number of aryl methyl sites for hydroxylation is 1. The summed E-state index contributed by atoms with van der Waals surface area (Å²) in [6, 6.07) is 1.22. The highest BCUT2D eigenvalue weighted by Crippen LogP contribution is 2.20. The van der Waals surface area contributed by atoms with Crippen LogP contribution in [0.2, 0.25) is 0 Å². The maximum absolute atomic E-state index is 13.2. The second-order valence-corrected chi connectivity index (χ2v) is 8.50. The van der Waals surface area contributed by atoms with E-state index >= 15 is 0 Å². The van der Waals surface area contributed by atoms with Crippen LogP contribution in [0.15, 0.2) is 24.5 Å². The van der Waals surface area contributed by atoms with Gasteiger partial charge in [0.25, 0.3) is 5.91 Å². The third-order valence-electron chi connectivity index (χ3n) is 6.09. The first-order valence-electron chi connectivity index (χ1n) is 11.2. The van der Waals surface area contributed by atoms with Crippen LogP contribution in [0.25, 0.3) is 0 Å². The van der Waals surface area contributed by atoms with E-state index in [-0.39, 0.29) is 18.2 Å². The molecule has 2 saturated heterocycles. The van der Waals surface area contributed by atoms with E-state index in [2.05, 4.69) is 10.6 Å². The first-order chi connectivity index (χ1) is 15.8. The zero-order valence-electron chi connectivity index (χ0n) is 18.5. The van der Waals surface area contributed by atoms with E-state index in [0.717, 1.165) is 0 Å². The number of rotatable bonds is 10. The summed E-state index contributed by atoms with van der Waals surface area (Å²) in [6.45, 7) is 1.01.